The summed E-state index contributed by atoms with van der Waals surface area (Å²) in [6.07, 6.45) is 4.64. The van der Waals surface area contributed by atoms with Crippen LogP contribution in [0, 0.1) is 39.9 Å². The minimum absolute atomic E-state index is 0.186. The molecule has 0 saturated carbocycles. The molecule has 9 rings (SSSR count). The average Bonchev–Trinajstić information content (AvgIpc) is 3.70. The lowest BCUT2D eigenvalue weighted by molar-refractivity contribution is 0.809. The summed E-state index contributed by atoms with van der Waals surface area (Å²) in [5, 5.41) is 33.5. The van der Waals surface area contributed by atoms with E-state index in [1.807, 2.05) is 60.7 Å². The molecular weight excluding hydrogens is 611 g/mol. The van der Waals surface area contributed by atoms with E-state index in [2.05, 4.69) is 112 Å². The van der Waals surface area contributed by atoms with Crippen molar-refractivity contribution < 1.29 is 0 Å². The molecule has 1 unspecified atom stereocenters. The number of rotatable bonds is 4. The van der Waals surface area contributed by atoms with Crippen molar-refractivity contribution in [2.24, 2.45) is 5.92 Å². The first-order chi connectivity index (χ1) is 24.7. The predicted octanol–water partition coefficient (Wildman–Crippen LogP) is 10.5. The van der Waals surface area contributed by atoms with Crippen LogP contribution in [0.2, 0.25) is 0 Å². The number of allylic oxidation sites excluding steroid dienone is 1. The fraction of sp³-hybridized carbons (Fsp3) is 0.0444. The quantitative estimate of drug-likeness (QED) is 0.193. The van der Waals surface area contributed by atoms with Crippen LogP contribution in [0.15, 0.2) is 140 Å². The Kier molecular flexibility index (Phi) is 6.70. The predicted molar refractivity (Wildman–Crippen MR) is 200 cm³/mol. The summed E-state index contributed by atoms with van der Waals surface area (Å²) in [6.45, 7) is 0. The zero-order valence-electron chi connectivity index (χ0n) is 26.9. The van der Waals surface area contributed by atoms with Crippen LogP contribution in [-0.2, 0) is 6.42 Å². The van der Waals surface area contributed by atoms with E-state index in [0.29, 0.717) is 17.5 Å². The number of para-hydroxylation sites is 4. The molecule has 8 aromatic rings. The second-order valence-electron chi connectivity index (χ2n) is 12.6. The van der Waals surface area contributed by atoms with E-state index in [0.717, 1.165) is 77.6 Å². The van der Waals surface area contributed by atoms with E-state index < -0.39 is 0 Å². The fourth-order valence-electron chi connectivity index (χ4n) is 7.72. The Morgan fingerprint density at radius 1 is 0.560 bits per heavy atom. The molecule has 0 spiro atoms. The summed E-state index contributed by atoms with van der Waals surface area (Å²) in [4.78, 5) is 0. The third-order valence-electron chi connectivity index (χ3n) is 9.90. The maximum absolute atomic E-state index is 10.4. The molecule has 232 valence electrons. The van der Waals surface area contributed by atoms with Crippen LogP contribution in [0.5, 0.6) is 0 Å². The van der Waals surface area contributed by atoms with Crippen LogP contribution >= 0.6 is 0 Å². The Labute approximate surface area is 289 Å². The van der Waals surface area contributed by atoms with E-state index in [1.54, 1.807) is 0 Å². The lowest BCUT2D eigenvalue weighted by Crippen LogP contribution is -2.08. The molecule has 0 bridgehead atoms. The van der Waals surface area contributed by atoms with Gasteiger partial charge in [-0.3, -0.25) is 0 Å². The number of hydrogen-bond acceptors (Lipinski definition) is 3. The highest BCUT2D eigenvalue weighted by molar-refractivity contribution is 6.11. The highest BCUT2D eigenvalue weighted by Crippen LogP contribution is 2.41. The average molecular weight is 638 g/mol. The van der Waals surface area contributed by atoms with Crippen LogP contribution in [-0.4, -0.2) is 9.13 Å². The number of fused-ring (bicyclic) bond motifs is 6. The lowest BCUT2D eigenvalue weighted by atomic mass is 9.92. The van der Waals surface area contributed by atoms with Crippen molar-refractivity contribution in [3.63, 3.8) is 0 Å². The molecule has 0 aliphatic heterocycles. The number of nitrogens with zero attached hydrogens (tertiary/aromatic N) is 5. The smallest absolute Gasteiger partial charge is 0.101 e. The van der Waals surface area contributed by atoms with Crippen LogP contribution in [0.25, 0.3) is 72.4 Å². The lowest BCUT2D eigenvalue weighted by Gasteiger charge is -2.19. The molecule has 6 aromatic carbocycles. The van der Waals surface area contributed by atoms with Gasteiger partial charge in [0.1, 0.15) is 12.1 Å². The molecular formula is C45H27N5. The van der Waals surface area contributed by atoms with Crippen molar-refractivity contribution >= 4 is 38.8 Å². The van der Waals surface area contributed by atoms with Gasteiger partial charge in [0.15, 0.2) is 0 Å². The molecule has 5 nitrogen and oxygen atoms in total. The van der Waals surface area contributed by atoms with Crippen LogP contribution < -0.4 is 0 Å². The number of aromatic nitrogens is 2. The van der Waals surface area contributed by atoms with Crippen molar-refractivity contribution in [2.45, 2.75) is 6.42 Å². The van der Waals surface area contributed by atoms with E-state index in [-0.39, 0.29) is 5.92 Å². The summed E-state index contributed by atoms with van der Waals surface area (Å²) in [5.74, 6) is -0.186. The Balaban J connectivity index is 1.22. The molecule has 0 saturated heterocycles. The van der Waals surface area contributed by atoms with Gasteiger partial charge >= 0.3 is 0 Å². The van der Waals surface area contributed by atoms with E-state index >= 15 is 0 Å². The van der Waals surface area contributed by atoms with Gasteiger partial charge in [-0.1, -0.05) is 97.1 Å². The summed E-state index contributed by atoms with van der Waals surface area (Å²) >= 11 is 0. The molecule has 5 heteroatoms. The van der Waals surface area contributed by atoms with Crippen molar-refractivity contribution in [1.29, 1.82) is 15.8 Å². The second kappa shape index (κ2) is 11.5. The Hall–Kier alpha value is -7.13. The number of hydrogen-bond donors (Lipinski definition) is 0. The summed E-state index contributed by atoms with van der Waals surface area (Å²) < 4.78 is 4.39. The van der Waals surface area contributed by atoms with Crippen molar-refractivity contribution in [2.75, 3.05) is 0 Å². The third-order valence-corrected chi connectivity index (χ3v) is 9.90. The fourth-order valence-corrected chi connectivity index (χ4v) is 7.72. The Morgan fingerprint density at radius 2 is 1.20 bits per heavy atom. The standard InChI is InChI=1S/C45H27N5/c46-26-29-21-22-43-40(23-29)38-16-2-4-20-42(38)50(43)44-33(27-47)12-7-17-36(44)32-11-5-9-30(24-32)31-10-6-14-35(25-31)49-41-19-3-1-15-37(41)39-18-8-13-34(28-48)45(39)49/h1-22,24-25,29H,23H2. The van der Waals surface area contributed by atoms with Gasteiger partial charge in [-0.05, 0) is 77.2 Å². The molecule has 2 heterocycles. The summed E-state index contributed by atoms with van der Waals surface area (Å²) in [7, 11) is 0. The van der Waals surface area contributed by atoms with Crippen molar-refractivity contribution in [3.8, 4) is 51.8 Å². The number of nitriles is 3. The molecule has 0 fully saturated rings. The Morgan fingerprint density at radius 3 is 2.00 bits per heavy atom. The van der Waals surface area contributed by atoms with Gasteiger partial charge in [-0.2, -0.15) is 15.8 Å². The van der Waals surface area contributed by atoms with Crippen LogP contribution in [0.4, 0.5) is 0 Å². The first-order valence-corrected chi connectivity index (χ1v) is 16.6. The first kappa shape index (κ1) is 29.0. The maximum Gasteiger partial charge on any atom is 0.101 e. The molecule has 50 heavy (non-hydrogen) atoms. The molecule has 2 aromatic heterocycles. The van der Waals surface area contributed by atoms with Gasteiger partial charge in [-0.25, -0.2) is 0 Å². The van der Waals surface area contributed by atoms with Crippen LogP contribution in [0.1, 0.15) is 22.4 Å². The van der Waals surface area contributed by atoms with Crippen LogP contribution in [0.3, 0.4) is 0 Å². The minimum atomic E-state index is -0.186. The molecule has 1 atom stereocenters. The topological polar surface area (TPSA) is 81.2 Å². The maximum atomic E-state index is 10.4. The van der Waals surface area contributed by atoms with Gasteiger partial charge < -0.3 is 9.13 Å². The Bertz CT molecular complexity index is 2840. The van der Waals surface area contributed by atoms with Crippen molar-refractivity contribution in [1.82, 2.24) is 9.13 Å². The monoisotopic (exact) mass is 637 g/mol. The minimum Gasteiger partial charge on any atom is -0.308 e. The molecule has 0 N–H and O–H groups in total. The first-order valence-electron chi connectivity index (χ1n) is 16.6. The molecule has 0 amide bonds. The van der Waals surface area contributed by atoms with Gasteiger partial charge in [0, 0.05) is 33.1 Å². The van der Waals surface area contributed by atoms with Gasteiger partial charge in [0.25, 0.3) is 0 Å². The van der Waals surface area contributed by atoms with Crippen molar-refractivity contribution in [3.05, 3.63) is 162 Å². The molecule has 1 aliphatic carbocycles. The van der Waals surface area contributed by atoms with E-state index in [9.17, 15) is 15.8 Å². The zero-order chi connectivity index (χ0) is 33.8. The van der Waals surface area contributed by atoms with E-state index in [4.69, 9.17) is 0 Å². The second-order valence-corrected chi connectivity index (χ2v) is 12.6. The summed E-state index contributed by atoms with van der Waals surface area (Å²) in [5.41, 5.74) is 12.1. The summed E-state index contributed by atoms with van der Waals surface area (Å²) in [6, 6.07) is 52.5. The molecule has 1 aliphatic rings. The normalized spacial score (nSPS) is 13.6. The highest BCUT2D eigenvalue weighted by Gasteiger charge is 2.25. The van der Waals surface area contributed by atoms with Gasteiger partial charge in [0.05, 0.1) is 45.4 Å². The van der Waals surface area contributed by atoms with Gasteiger partial charge in [-0.15, -0.1) is 0 Å². The highest BCUT2D eigenvalue weighted by atomic mass is 15.0. The van der Waals surface area contributed by atoms with E-state index in [1.165, 1.54) is 0 Å². The largest absolute Gasteiger partial charge is 0.308 e. The molecule has 0 radical (unpaired) electrons. The SMILES string of the molecule is N#Cc1cccc(-c2cccc(-c3cccc(-n4c5ccccc5c5cccc(C#N)c54)c3)c2)c1-n1c2c(c3ccccc31)CC(C#N)C=C2. The zero-order valence-corrected chi connectivity index (χ0v) is 26.9. The van der Waals surface area contributed by atoms with Gasteiger partial charge in [0.2, 0.25) is 0 Å². The third kappa shape index (κ3) is 4.37. The number of benzene rings is 6.